The molecule has 3 aromatic carbocycles. The van der Waals surface area contributed by atoms with Crippen LogP contribution in [0.4, 0.5) is 9.18 Å². The number of benzene rings is 3. The van der Waals surface area contributed by atoms with E-state index in [9.17, 15) is 17.6 Å². The zero-order chi connectivity index (χ0) is 22.0. The summed E-state index contributed by atoms with van der Waals surface area (Å²) in [4.78, 5) is 12.1. The highest BCUT2D eigenvalue weighted by atomic mass is 35.5. The average Bonchev–Trinajstić information content (AvgIpc) is 3.20. The number of hydrogen-bond donors (Lipinski definition) is 1. The minimum Gasteiger partial charge on any atom is -0.246 e. The summed E-state index contributed by atoms with van der Waals surface area (Å²) < 4.78 is 40.8. The predicted octanol–water partition coefficient (Wildman–Crippen LogP) is 4.38. The molecule has 1 heterocycles. The SMILES string of the molecule is O=C(NS(=O)(=O)c1ccccc1F)N1CC(c2ccccc2)C(c2ccc(Cl)cc2)=N1. The van der Waals surface area contributed by atoms with Gasteiger partial charge in [-0.05, 0) is 35.4 Å². The van der Waals surface area contributed by atoms with Crippen molar-refractivity contribution in [1.82, 2.24) is 9.73 Å². The summed E-state index contributed by atoms with van der Waals surface area (Å²) in [5, 5.41) is 5.98. The Hall–Kier alpha value is -3.23. The smallest absolute Gasteiger partial charge is 0.246 e. The van der Waals surface area contributed by atoms with Gasteiger partial charge in [-0.25, -0.2) is 27.3 Å². The van der Waals surface area contributed by atoms with Gasteiger partial charge in [0.1, 0.15) is 10.7 Å². The van der Waals surface area contributed by atoms with Crippen molar-refractivity contribution in [2.45, 2.75) is 10.8 Å². The number of carbonyl (C=O) groups is 1. The number of nitrogens with one attached hydrogen (secondary N) is 1. The zero-order valence-electron chi connectivity index (χ0n) is 16.1. The molecule has 0 fully saturated rings. The lowest BCUT2D eigenvalue weighted by Gasteiger charge is -2.16. The monoisotopic (exact) mass is 457 g/mol. The third-order valence-electron chi connectivity index (χ3n) is 4.84. The summed E-state index contributed by atoms with van der Waals surface area (Å²) in [6, 6.07) is 20.3. The Morgan fingerprint density at radius 2 is 1.65 bits per heavy atom. The second-order valence-corrected chi connectivity index (χ2v) is 8.97. The molecule has 1 aliphatic rings. The van der Waals surface area contributed by atoms with Crippen molar-refractivity contribution < 1.29 is 17.6 Å². The number of nitrogens with zero attached hydrogens (tertiary/aromatic N) is 2. The van der Waals surface area contributed by atoms with Crippen LogP contribution in [0.25, 0.3) is 0 Å². The van der Waals surface area contributed by atoms with Crippen LogP contribution in [0, 0.1) is 5.82 Å². The molecule has 0 aliphatic carbocycles. The van der Waals surface area contributed by atoms with Gasteiger partial charge in [0, 0.05) is 10.9 Å². The number of halogens is 2. The van der Waals surface area contributed by atoms with E-state index < -0.39 is 26.8 Å². The lowest BCUT2D eigenvalue weighted by molar-refractivity contribution is 0.210. The maximum atomic E-state index is 13.9. The van der Waals surface area contributed by atoms with Crippen LogP contribution in [0.5, 0.6) is 0 Å². The first-order valence-corrected chi connectivity index (χ1v) is 11.2. The summed E-state index contributed by atoms with van der Waals surface area (Å²) in [5.41, 5.74) is 2.27. The Morgan fingerprint density at radius 3 is 2.32 bits per heavy atom. The molecule has 1 aliphatic heterocycles. The van der Waals surface area contributed by atoms with Crippen LogP contribution < -0.4 is 4.72 Å². The molecule has 0 radical (unpaired) electrons. The van der Waals surface area contributed by atoms with E-state index in [0.29, 0.717) is 10.7 Å². The Bertz CT molecular complexity index is 1250. The molecule has 2 amide bonds. The van der Waals surface area contributed by atoms with Crippen LogP contribution in [0.15, 0.2) is 88.9 Å². The first-order valence-electron chi connectivity index (χ1n) is 9.33. The summed E-state index contributed by atoms with van der Waals surface area (Å²) >= 11 is 5.98. The number of urea groups is 1. The van der Waals surface area contributed by atoms with Gasteiger partial charge in [-0.15, -0.1) is 0 Å². The summed E-state index contributed by atoms with van der Waals surface area (Å²) in [6.45, 7) is 0.126. The van der Waals surface area contributed by atoms with Crippen molar-refractivity contribution >= 4 is 33.4 Å². The topological polar surface area (TPSA) is 78.8 Å². The van der Waals surface area contributed by atoms with Crippen LogP contribution in [0.3, 0.4) is 0 Å². The molecule has 0 saturated heterocycles. The van der Waals surface area contributed by atoms with E-state index in [0.717, 1.165) is 28.3 Å². The molecule has 1 N–H and O–H groups in total. The van der Waals surface area contributed by atoms with Crippen LogP contribution in [-0.2, 0) is 10.0 Å². The number of hydrazone groups is 1. The van der Waals surface area contributed by atoms with Crippen molar-refractivity contribution in [3.05, 3.63) is 101 Å². The summed E-state index contributed by atoms with van der Waals surface area (Å²) in [6.07, 6.45) is 0. The van der Waals surface area contributed by atoms with Crippen LogP contribution in [0.2, 0.25) is 5.02 Å². The Balaban J connectivity index is 1.64. The highest BCUT2D eigenvalue weighted by Crippen LogP contribution is 2.29. The lowest BCUT2D eigenvalue weighted by atomic mass is 9.91. The second kappa shape index (κ2) is 8.49. The molecule has 0 spiro atoms. The van der Waals surface area contributed by atoms with E-state index in [2.05, 4.69) is 5.10 Å². The van der Waals surface area contributed by atoms with Crippen LogP contribution in [-0.4, -0.2) is 31.7 Å². The van der Waals surface area contributed by atoms with Crippen molar-refractivity contribution in [2.75, 3.05) is 6.54 Å². The van der Waals surface area contributed by atoms with Crippen molar-refractivity contribution in [3.63, 3.8) is 0 Å². The highest BCUT2D eigenvalue weighted by molar-refractivity contribution is 7.90. The number of hydrogen-bond acceptors (Lipinski definition) is 4. The van der Waals surface area contributed by atoms with Gasteiger partial charge < -0.3 is 0 Å². The van der Waals surface area contributed by atoms with E-state index in [4.69, 9.17) is 11.6 Å². The molecule has 3 aromatic rings. The third kappa shape index (κ3) is 4.45. The molecule has 1 unspecified atom stereocenters. The fourth-order valence-corrected chi connectivity index (χ4v) is 4.50. The third-order valence-corrected chi connectivity index (χ3v) is 6.44. The quantitative estimate of drug-likeness (QED) is 0.631. The fraction of sp³-hybridized carbons (Fsp3) is 0.0909. The molecular weight excluding hydrogens is 441 g/mol. The van der Waals surface area contributed by atoms with Crippen molar-refractivity contribution in [2.24, 2.45) is 5.10 Å². The van der Waals surface area contributed by atoms with E-state index in [1.807, 2.05) is 35.1 Å². The maximum absolute atomic E-state index is 13.9. The molecule has 0 aromatic heterocycles. The molecule has 4 rings (SSSR count). The highest BCUT2D eigenvalue weighted by Gasteiger charge is 2.34. The second-order valence-electron chi connectivity index (χ2n) is 6.88. The van der Waals surface area contributed by atoms with Crippen molar-refractivity contribution in [3.8, 4) is 0 Å². The molecule has 31 heavy (non-hydrogen) atoms. The normalized spacial score (nSPS) is 16.1. The number of amides is 2. The summed E-state index contributed by atoms with van der Waals surface area (Å²) in [7, 11) is -4.40. The van der Waals surface area contributed by atoms with E-state index >= 15 is 0 Å². The minimum absolute atomic E-state index is 0.126. The molecule has 9 heteroatoms. The predicted molar refractivity (Wildman–Crippen MR) is 116 cm³/mol. The Morgan fingerprint density at radius 1 is 1.00 bits per heavy atom. The molecule has 158 valence electrons. The number of sulfonamides is 1. The van der Waals surface area contributed by atoms with E-state index in [-0.39, 0.29) is 12.5 Å². The first-order chi connectivity index (χ1) is 14.8. The van der Waals surface area contributed by atoms with Gasteiger partial charge in [0.05, 0.1) is 12.3 Å². The summed E-state index contributed by atoms with van der Waals surface area (Å²) in [5.74, 6) is -1.22. The Labute approximate surface area is 184 Å². The van der Waals surface area contributed by atoms with Crippen LogP contribution in [0.1, 0.15) is 17.0 Å². The molecule has 6 nitrogen and oxygen atoms in total. The maximum Gasteiger partial charge on any atom is 0.351 e. The van der Waals surface area contributed by atoms with Crippen LogP contribution >= 0.6 is 11.6 Å². The first kappa shape index (κ1) is 21.0. The van der Waals surface area contributed by atoms with Crippen molar-refractivity contribution in [1.29, 1.82) is 0 Å². The lowest BCUT2D eigenvalue weighted by Crippen LogP contribution is -2.40. The largest absolute Gasteiger partial charge is 0.351 e. The van der Waals surface area contributed by atoms with Gasteiger partial charge in [-0.2, -0.15) is 5.10 Å². The average molecular weight is 458 g/mol. The van der Waals surface area contributed by atoms with Gasteiger partial charge in [0.15, 0.2) is 0 Å². The molecule has 0 bridgehead atoms. The molecular formula is C22H17ClFN3O3S. The van der Waals surface area contributed by atoms with Gasteiger partial charge in [-0.1, -0.05) is 66.2 Å². The van der Waals surface area contributed by atoms with Gasteiger partial charge >= 0.3 is 6.03 Å². The van der Waals surface area contributed by atoms with E-state index in [1.54, 1.807) is 24.3 Å². The Kier molecular flexibility index (Phi) is 5.75. The molecule has 1 atom stereocenters. The zero-order valence-corrected chi connectivity index (χ0v) is 17.6. The molecule has 0 saturated carbocycles. The standard InChI is InChI=1S/C22H17ClFN3O3S/c23-17-12-10-16(11-13-17)21-18(15-6-2-1-3-7-15)14-27(25-21)22(28)26-31(29,30)20-9-5-4-8-19(20)24/h1-13,18H,14H2,(H,26,28). The minimum atomic E-state index is -4.40. The fourth-order valence-electron chi connectivity index (χ4n) is 3.34. The van der Waals surface area contributed by atoms with E-state index in [1.165, 1.54) is 12.1 Å². The van der Waals surface area contributed by atoms with Gasteiger partial charge in [0.2, 0.25) is 0 Å². The number of carbonyl (C=O) groups excluding carboxylic acids is 1. The van der Waals surface area contributed by atoms with Gasteiger partial charge in [-0.3, -0.25) is 0 Å². The van der Waals surface area contributed by atoms with Gasteiger partial charge in [0.25, 0.3) is 10.0 Å². The number of rotatable bonds is 4.